The summed E-state index contributed by atoms with van der Waals surface area (Å²) in [5.41, 5.74) is 0. The second-order valence-corrected chi connectivity index (χ2v) is 4.56. The minimum absolute atomic E-state index is 0.693. The van der Waals surface area contributed by atoms with E-state index >= 15 is 0 Å². The highest BCUT2D eigenvalue weighted by Gasteiger charge is 2.07. The average molecular weight is 278 g/mol. The smallest absolute Gasteiger partial charge is 0.147 e. The fraction of sp³-hybridized carbons (Fsp3) is 0.500. The van der Waals surface area contributed by atoms with Crippen molar-refractivity contribution >= 4 is 33.3 Å². The van der Waals surface area contributed by atoms with Crippen molar-refractivity contribution in [2.75, 3.05) is 18.5 Å². The van der Waals surface area contributed by atoms with Gasteiger partial charge < -0.3 is 4.90 Å². The summed E-state index contributed by atoms with van der Waals surface area (Å²) in [6.07, 6.45) is 4.10. The van der Waals surface area contributed by atoms with E-state index in [0.717, 1.165) is 23.3 Å². The maximum absolute atomic E-state index is 6.07. The number of nitrogens with zero attached hydrogens (tertiary/aromatic N) is 2. The predicted octanol–water partition coefficient (Wildman–Crippen LogP) is 3.73. The van der Waals surface area contributed by atoms with Crippen molar-refractivity contribution < 1.29 is 0 Å². The summed E-state index contributed by atoms with van der Waals surface area (Å²) in [4.78, 5) is 6.36. The molecule has 1 aromatic heterocycles. The van der Waals surface area contributed by atoms with Gasteiger partial charge in [-0.25, -0.2) is 4.98 Å². The van der Waals surface area contributed by atoms with Crippen LogP contribution in [0.15, 0.2) is 16.7 Å². The van der Waals surface area contributed by atoms with E-state index in [4.69, 9.17) is 11.6 Å². The monoisotopic (exact) mass is 276 g/mol. The molecule has 0 amide bonds. The Bertz CT molecular complexity index is 304. The van der Waals surface area contributed by atoms with Crippen LogP contribution < -0.4 is 4.90 Å². The van der Waals surface area contributed by atoms with Gasteiger partial charge in [0, 0.05) is 24.3 Å². The molecular formula is C10H14BrClN2. The van der Waals surface area contributed by atoms with Crippen molar-refractivity contribution in [1.29, 1.82) is 0 Å². The zero-order valence-corrected chi connectivity index (χ0v) is 10.8. The predicted molar refractivity (Wildman–Crippen MR) is 65.1 cm³/mol. The largest absolute Gasteiger partial charge is 0.358 e. The quantitative estimate of drug-likeness (QED) is 0.833. The van der Waals surface area contributed by atoms with Gasteiger partial charge in [0.25, 0.3) is 0 Å². The van der Waals surface area contributed by atoms with Crippen molar-refractivity contribution in [3.8, 4) is 0 Å². The van der Waals surface area contributed by atoms with E-state index in [1.165, 1.54) is 6.42 Å². The van der Waals surface area contributed by atoms with Crippen LogP contribution >= 0.6 is 27.5 Å². The molecule has 0 aliphatic carbocycles. The van der Waals surface area contributed by atoms with Crippen molar-refractivity contribution in [1.82, 2.24) is 4.98 Å². The van der Waals surface area contributed by atoms with Gasteiger partial charge >= 0.3 is 0 Å². The van der Waals surface area contributed by atoms with Crippen LogP contribution in [0.4, 0.5) is 5.82 Å². The molecule has 0 atom stereocenters. The minimum atomic E-state index is 0.693. The number of pyridine rings is 1. The van der Waals surface area contributed by atoms with Crippen molar-refractivity contribution in [3.05, 3.63) is 21.8 Å². The normalized spacial score (nSPS) is 10.3. The fourth-order valence-corrected chi connectivity index (χ4v) is 1.96. The van der Waals surface area contributed by atoms with Gasteiger partial charge in [0.15, 0.2) is 0 Å². The zero-order chi connectivity index (χ0) is 10.6. The van der Waals surface area contributed by atoms with E-state index < -0.39 is 0 Å². The molecule has 1 rings (SSSR count). The Hall–Kier alpha value is -0.280. The van der Waals surface area contributed by atoms with E-state index in [1.807, 2.05) is 13.1 Å². The average Bonchev–Trinajstić information content (AvgIpc) is 2.14. The van der Waals surface area contributed by atoms with Crippen molar-refractivity contribution in [2.24, 2.45) is 0 Å². The summed E-state index contributed by atoms with van der Waals surface area (Å²) in [6, 6.07) is 1.87. The van der Waals surface area contributed by atoms with Crippen molar-refractivity contribution in [2.45, 2.75) is 19.8 Å². The van der Waals surface area contributed by atoms with Crippen LogP contribution in [0.3, 0.4) is 0 Å². The van der Waals surface area contributed by atoms with Gasteiger partial charge in [-0.05, 0) is 28.4 Å². The lowest BCUT2D eigenvalue weighted by Crippen LogP contribution is -2.19. The molecule has 0 unspecified atom stereocenters. The molecule has 0 aliphatic heterocycles. The number of rotatable bonds is 4. The molecule has 0 aliphatic rings. The van der Waals surface area contributed by atoms with E-state index in [0.29, 0.717) is 5.02 Å². The SMILES string of the molecule is CCCCN(C)c1ncc(Br)cc1Cl. The molecular weight excluding hydrogens is 263 g/mol. The van der Waals surface area contributed by atoms with Gasteiger partial charge in [-0.3, -0.25) is 0 Å². The first-order valence-corrected chi connectivity index (χ1v) is 5.84. The second-order valence-electron chi connectivity index (χ2n) is 3.23. The van der Waals surface area contributed by atoms with Crippen LogP contribution in [0.2, 0.25) is 5.02 Å². The van der Waals surface area contributed by atoms with Crippen LogP contribution in [0, 0.1) is 0 Å². The molecule has 1 aromatic rings. The molecule has 0 saturated heterocycles. The molecule has 1 heterocycles. The number of aromatic nitrogens is 1. The van der Waals surface area contributed by atoms with E-state index in [2.05, 4.69) is 32.7 Å². The summed E-state index contributed by atoms with van der Waals surface area (Å²) in [5, 5.41) is 0.693. The second kappa shape index (κ2) is 5.56. The van der Waals surface area contributed by atoms with Gasteiger partial charge in [-0.15, -0.1) is 0 Å². The molecule has 2 nitrogen and oxygen atoms in total. The Morgan fingerprint density at radius 1 is 1.57 bits per heavy atom. The fourth-order valence-electron chi connectivity index (χ4n) is 1.19. The highest BCUT2D eigenvalue weighted by molar-refractivity contribution is 9.10. The lowest BCUT2D eigenvalue weighted by Gasteiger charge is -2.18. The summed E-state index contributed by atoms with van der Waals surface area (Å²) in [7, 11) is 2.01. The maximum Gasteiger partial charge on any atom is 0.147 e. The first-order chi connectivity index (χ1) is 6.65. The standard InChI is InChI=1S/C10H14BrClN2/c1-3-4-5-14(2)10-9(12)6-8(11)7-13-10/h6-7H,3-5H2,1-2H3. The topological polar surface area (TPSA) is 16.1 Å². The van der Waals surface area contributed by atoms with Crippen LogP contribution in [0.25, 0.3) is 0 Å². The molecule has 0 saturated carbocycles. The molecule has 0 N–H and O–H groups in total. The Kier molecular flexibility index (Phi) is 4.69. The first kappa shape index (κ1) is 11.8. The van der Waals surface area contributed by atoms with Gasteiger partial charge in [-0.1, -0.05) is 24.9 Å². The van der Waals surface area contributed by atoms with Crippen LogP contribution in [0.5, 0.6) is 0 Å². The van der Waals surface area contributed by atoms with Crippen LogP contribution in [0.1, 0.15) is 19.8 Å². The molecule has 0 radical (unpaired) electrons. The summed E-state index contributed by atoms with van der Waals surface area (Å²) >= 11 is 9.40. The molecule has 0 fully saturated rings. The number of halogens is 2. The Labute approximate surface area is 98.4 Å². The zero-order valence-electron chi connectivity index (χ0n) is 8.43. The number of hydrogen-bond acceptors (Lipinski definition) is 2. The third-order valence-corrected chi connectivity index (χ3v) is 2.71. The lowest BCUT2D eigenvalue weighted by atomic mass is 10.3. The lowest BCUT2D eigenvalue weighted by molar-refractivity contribution is 0.759. The third kappa shape index (κ3) is 3.14. The summed E-state index contributed by atoms with van der Waals surface area (Å²) < 4.78 is 0.912. The highest BCUT2D eigenvalue weighted by Crippen LogP contribution is 2.25. The van der Waals surface area contributed by atoms with Crippen LogP contribution in [-0.2, 0) is 0 Å². The molecule has 78 valence electrons. The van der Waals surface area contributed by atoms with E-state index in [-0.39, 0.29) is 0 Å². The third-order valence-electron chi connectivity index (χ3n) is 2.00. The maximum atomic E-state index is 6.07. The Balaban J connectivity index is 2.74. The molecule has 4 heteroatoms. The van der Waals surface area contributed by atoms with Gasteiger partial charge in [0.05, 0.1) is 5.02 Å². The Morgan fingerprint density at radius 3 is 2.86 bits per heavy atom. The number of hydrogen-bond donors (Lipinski definition) is 0. The van der Waals surface area contributed by atoms with Gasteiger partial charge in [0.2, 0.25) is 0 Å². The summed E-state index contributed by atoms with van der Waals surface area (Å²) in [6.45, 7) is 3.16. The highest BCUT2D eigenvalue weighted by atomic mass is 79.9. The molecule has 0 spiro atoms. The van der Waals surface area contributed by atoms with E-state index in [9.17, 15) is 0 Å². The minimum Gasteiger partial charge on any atom is -0.358 e. The summed E-state index contributed by atoms with van der Waals surface area (Å²) in [5.74, 6) is 0.850. The number of unbranched alkanes of at least 4 members (excludes halogenated alkanes) is 1. The molecule has 0 bridgehead atoms. The van der Waals surface area contributed by atoms with Gasteiger partial charge in [-0.2, -0.15) is 0 Å². The Morgan fingerprint density at radius 2 is 2.29 bits per heavy atom. The molecule has 0 aromatic carbocycles. The van der Waals surface area contributed by atoms with Gasteiger partial charge in [0.1, 0.15) is 5.82 Å². The van der Waals surface area contributed by atoms with E-state index in [1.54, 1.807) is 6.20 Å². The van der Waals surface area contributed by atoms with Crippen molar-refractivity contribution in [3.63, 3.8) is 0 Å². The van der Waals surface area contributed by atoms with Crippen LogP contribution in [-0.4, -0.2) is 18.6 Å². The molecule has 14 heavy (non-hydrogen) atoms. The number of anilines is 1. The first-order valence-electron chi connectivity index (χ1n) is 4.67.